The maximum atomic E-state index is 10.9. The highest BCUT2D eigenvalue weighted by atomic mass is 79.9. The molecule has 1 saturated heterocycles. The van der Waals surface area contributed by atoms with Crippen molar-refractivity contribution in [2.75, 3.05) is 13.1 Å². The van der Waals surface area contributed by atoms with Gasteiger partial charge in [0.15, 0.2) is 0 Å². The predicted octanol–water partition coefficient (Wildman–Crippen LogP) is 2.72. The number of fused-ring (bicyclic) bond motifs is 1. The molecule has 1 aliphatic rings. The van der Waals surface area contributed by atoms with Gasteiger partial charge in [0.25, 0.3) is 0 Å². The van der Waals surface area contributed by atoms with Crippen molar-refractivity contribution in [3.63, 3.8) is 0 Å². The van der Waals surface area contributed by atoms with Crippen LogP contribution in [0.3, 0.4) is 0 Å². The number of aromatic nitrogens is 2. The van der Waals surface area contributed by atoms with Gasteiger partial charge in [0.05, 0.1) is 11.6 Å². The van der Waals surface area contributed by atoms with Gasteiger partial charge in [-0.05, 0) is 28.4 Å². The summed E-state index contributed by atoms with van der Waals surface area (Å²) in [6.07, 6.45) is -0.0437. The van der Waals surface area contributed by atoms with E-state index in [1.807, 2.05) is 28.9 Å². The molecule has 0 radical (unpaired) electrons. The molecule has 0 bridgehead atoms. The van der Waals surface area contributed by atoms with Crippen LogP contribution in [0, 0.1) is 0 Å². The minimum atomic E-state index is -0.854. The van der Waals surface area contributed by atoms with E-state index in [1.54, 1.807) is 0 Å². The average molecular weight is 310 g/mol. The summed E-state index contributed by atoms with van der Waals surface area (Å²) in [5.41, 5.74) is 1.04. The average Bonchev–Trinajstić information content (AvgIpc) is 2.95. The summed E-state index contributed by atoms with van der Waals surface area (Å²) in [6, 6.07) is 8.08. The van der Waals surface area contributed by atoms with Crippen LogP contribution in [0.2, 0.25) is 0 Å². The second-order valence-electron chi connectivity index (χ2n) is 4.42. The molecule has 2 aromatic rings. The molecule has 1 amide bonds. The lowest BCUT2D eigenvalue weighted by molar-refractivity contribution is 0.154. The summed E-state index contributed by atoms with van der Waals surface area (Å²) in [7, 11) is 0. The highest BCUT2D eigenvalue weighted by molar-refractivity contribution is 9.10. The summed E-state index contributed by atoms with van der Waals surface area (Å²) in [5, 5.41) is 14.5. The summed E-state index contributed by atoms with van der Waals surface area (Å²) in [6.45, 7) is 1.08. The van der Waals surface area contributed by atoms with Crippen molar-refractivity contribution in [3.8, 4) is 0 Å². The van der Waals surface area contributed by atoms with Crippen molar-refractivity contribution >= 4 is 32.9 Å². The van der Waals surface area contributed by atoms with E-state index in [0.29, 0.717) is 13.1 Å². The van der Waals surface area contributed by atoms with Crippen LogP contribution in [0.15, 0.2) is 28.9 Å². The van der Waals surface area contributed by atoms with E-state index in [2.05, 4.69) is 21.0 Å². The zero-order valence-corrected chi connectivity index (χ0v) is 11.2. The molecule has 1 fully saturated rings. The first-order valence-electron chi connectivity index (χ1n) is 5.77. The molecule has 6 heteroatoms. The Labute approximate surface area is 112 Å². The molecule has 0 saturated carbocycles. The van der Waals surface area contributed by atoms with Gasteiger partial charge in [-0.1, -0.05) is 18.2 Å². The number of hydrogen-bond acceptors (Lipinski definition) is 2. The van der Waals surface area contributed by atoms with E-state index >= 15 is 0 Å². The van der Waals surface area contributed by atoms with E-state index in [1.165, 1.54) is 4.90 Å². The quantitative estimate of drug-likeness (QED) is 0.881. The van der Waals surface area contributed by atoms with Crippen molar-refractivity contribution < 1.29 is 9.90 Å². The van der Waals surface area contributed by atoms with Crippen molar-refractivity contribution in [3.05, 3.63) is 28.9 Å². The normalized spacial score (nSPS) is 19.6. The monoisotopic (exact) mass is 309 g/mol. The first kappa shape index (κ1) is 11.5. The number of rotatable bonds is 1. The molecule has 94 valence electrons. The topological polar surface area (TPSA) is 58.4 Å². The smallest absolute Gasteiger partial charge is 0.407 e. The van der Waals surface area contributed by atoms with Gasteiger partial charge in [0.1, 0.15) is 4.60 Å². The molecule has 2 heterocycles. The number of para-hydroxylation sites is 1. The summed E-state index contributed by atoms with van der Waals surface area (Å²) >= 11 is 3.45. The summed E-state index contributed by atoms with van der Waals surface area (Å²) < 4.78 is 2.74. The number of carbonyl (C=O) groups is 1. The second-order valence-corrected chi connectivity index (χ2v) is 5.17. The molecule has 0 spiro atoms. The fraction of sp³-hybridized carbons (Fsp3) is 0.333. The molecular weight excluding hydrogens is 298 g/mol. The molecule has 1 aromatic heterocycles. The van der Waals surface area contributed by atoms with Crippen molar-refractivity contribution in [2.45, 2.75) is 12.5 Å². The van der Waals surface area contributed by atoms with Crippen LogP contribution >= 0.6 is 15.9 Å². The number of likely N-dealkylation sites (tertiary alicyclic amines) is 1. The third-order valence-electron chi connectivity index (χ3n) is 3.35. The Balaban J connectivity index is 1.98. The Bertz CT molecular complexity index is 610. The van der Waals surface area contributed by atoms with Gasteiger partial charge in [-0.25, -0.2) is 4.79 Å². The third-order valence-corrected chi connectivity index (χ3v) is 3.93. The lowest BCUT2D eigenvalue weighted by Gasteiger charge is -2.13. The van der Waals surface area contributed by atoms with Crippen molar-refractivity contribution in [1.82, 2.24) is 14.7 Å². The molecule has 5 nitrogen and oxygen atoms in total. The first-order chi connectivity index (χ1) is 8.66. The van der Waals surface area contributed by atoms with Crippen LogP contribution < -0.4 is 0 Å². The number of carboxylic acid groups (broad SMARTS) is 1. The van der Waals surface area contributed by atoms with E-state index in [9.17, 15) is 4.79 Å². The molecule has 1 atom stereocenters. The van der Waals surface area contributed by atoms with Gasteiger partial charge in [-0.2, -0.15) is 5.10 Å². The molecule has 1 unspecified atom stereocenters. The minimum absolute atomic E-state index is 0.122. The van der Waals surface area contributed by atoms with Crippen LogP contribution in [0.1, 0.15) is 12.5 Å². The highest BCUT2D eigenvalue weighted by Gasteiger charge is 2.28. The standard InChI is InChI=1S/C12H12BrN3O2/c13-11-9-3-1-2-4-10(9)16(14-11)8-5-6-15(7-8)12(17)18/h1-4,8H,5-7H2,(H,17,18). The van der Waals surface area contributed by atoms with Gasteiger partial charge in [-0.3, -0.25) is 4.68 Å². The van der Waals surface area contributed by atoms with Crippen LogP contribution in [0.4, 0.5) is 4.79 Å². The molecule has 18 heavy (non-hydrogen) atoms. The zero-order chi connectivity index (χ0) is 12.7. The fourth-order valence-corrected chi connectivity index (χ4v) is 2.95. The van der Waals surface area contributed by atoms with E-state index in [-0.39, 0.29) is 6.04 Å². The second kappa shape index (κ2) is 4.28. The lowest BCUT2D eigenvalue weighted by atomic mass is 10.2. The van der Waals surface area contributed by atoms with E-state index < -0.39 is 6.09 Å². The maximum Gasteiger partial charge on any atom is 0.407 e. The zero-order valence-electron chi connectivity index (χ0n) is 9.58. The Morgan fingerprint density at radius 2 is 2.22 bits per heavy atom. The van der Waals surface area contributed by atoms with Crippen LogP contribution in [-0.4, -0.2) is 39.0 Å². The van der Waals surface area contributed by atoms with Crippen LogP contribution in [0.5, 0.6) is 0 Å². The number of nitrogens with zero attached hydrogens (tertiary/aromatic N) is 3. The summed E-state index contributed by atoms with van der Waals surface area (Å²) in [4.78, 5) is 12.4. The number of benzene rings is 1. The van der Waals surface area contributed by atoms with Crippen molar-refractivity contribution in [1.29, 1.82) is 0 Å². The molecule has 1 aromatic carbocycles. The first-order valence-corrected chi connectivity index (χ1v) is 6.57. The predicted molar refractivity (Wildman–Crippen MR) is 70.7 cm³/mol. The molecular formula is C12H12BrN3O2. The Kier molecular flexibility index (Phi) is 2.74. The summed E-state index contributed by atoms with van der Waals surface area (Å²) in [5.74, 6) is 0. The van der Waals surface area contributed by atoms with E-state index in [4.69, 9.17) is 5.11 Å². The van der Waals surface area contributed by atoms with Gasteiger partial charge >= 0.3 is 6.09 Å². The Morgan fingerprint density at radius 3 is 2.94 bits per heavy atom. The minimum Gasteiger partial charge on any atom is -0.465 e. The van der Waals surface area contributed by atoms with Gasteiger partial charge in [0, 0.05) is 18.5 Å². The van der Waals surface area contributed by atoms with Crippen LogP contribution in [0.25, 0.3) is 10.9 Å². The number of amides is 1. The molecule has 1 N–H and O–H groups in total. The molecule has 1 aliphatic heterocycles. The lowest BCUT2D eigenvalue weighted by Crippen LogP contribution is -2.27. The number of halogens is 1. The number of hydrogen-bond donors (Lipinski definition) is 1. The van der Waals surface area contributed by atoms with Crippen molar-refractivity contribution in [2.24, 2.45) is 0 Å². The molecule has 0 aliphatic carbocycles. The van der Waals surface area contributed by atoms with Crippen LogP contribution in [-0.2, 0) is 0 Å². The highest BCUT2D eigenvalue weighted by Crippen LogP contribution is 2.29. The van der Waals surface area contributed by atoms with Gasteiger partial charge in [0.2, 0.25) is 0 Å². The van der Waals surface area contributed by atoms with E-state index in [0.717, 1.165) is 21.9 Å². The van der Waals surface area contributed by atoms with Gasteiger partial charge in [-0.15, -0.1) is 0 Å². The SMILES string of the molecule is O=C(O)N1CCC(n2nc(Br)c3ccccc32)C1. The fourth-order valence-electron chi connectivity index (χ4n) is 2.44. The third kappa shape index (κ3) is 1.77. The maximum absolute atomic E-state index is 10.9. The largest absolute Gasteiger partial charge is 0.465 e. The molecule has 3 rings (SSSR count). The van der Waals surface area contributed by atoms with Gasteiger partial charge < -0.3 is 10.0 Å². The Morgan fingerprint density at radius 1 is 1.44 bits per heavy atom. The Hall–Kier alpha value is -1.56.